The second-order valence-corrected chi connectivity index (χ2v) is 6.90. The molecule has 1 amide bonds. The van der Waals surface area contributed by atoms with Crippen molar-refractivity contribution in [2.45, 2.75) is 24.9 Å². The topological polar surface area (TPSA) is 76.1 Å². The minimum atomic E-state index is -4.44. The minimum absolute atomic E-state index is 0.193. The van der Waals surface area contributed by atoms with E-state index in [0.29, 0.717) is 11.0 Å². The molecule has 0 bridgehead atoms. The number of piperidine rings is 1. The fourth-order valence-corrected chi connectivity index (χ4v) is 3.54. The van der Waals surface area contributed by atoms with Gasteiger partial charge in [0.05, 0.1) is 5.56 Å². The number of halogens is 3. The van der Waals surface area contributed by atoms with Crippen molar-refractivity contribution in [2.75, 3.05) is 25.0 Å². The first-order valence-corrected chi connectivity index (χ1v) is 8.86. The molecule has 0 aliphatic carbocycles. The molecule has 1 fully saturated rings. The molecule has 10 heteroatoms. The van der Waals surface area contributed by atoms with E-state index in [2.05, 4.69) is 25.3 Å². The number of carbonyl (C=O) groups is 1. The van der Waals surface area contributed by atoms with Crippen molar-refractivity contribution in [1.82, 2.24) is 15.3 Å². The summed E-state index contributed by atoms with van der Waals surface area (Å²) >= 11 is 1.44. The first kappa shape index (κ1) is 18.6. The fourth-order valence-electron chi connectivity index (χ4n) is 2.56. The fraction of sp³-hybridized carbons (Fsp3) is 0.438. The van der Waals surface area contributed by atoms with Crippen LogP contribution >= 0.6 is 11.3 Å². The Balaban J connectivity index is 1.57. The van der Waals surface area contributed by atoms with Crippen molar-refractivity contribution < 1.29 is 22.7 Å². The third kappa shape index (κ3) is 5.15. The summed E-state index contributed by atoms with van der Waals surface area (Å²) in [4.78, 5) is 21.3. The molecule has 2 N–H and O–H groups in total. The van der Waals surface area contributed by atoms with E-state index in [9.17, 15) is 18.0 Å². The SMILES string of the molecule is O=C(Nc1ncc(C2CCNCC2)s1)c1ccc(OCC(F)(F)F)nc1. The summed E-state index contributed by atoms with van der Waals surface area (Å²) < 4.78 is 40.8. The first-order valence-electron chi connectivity index (χ1n) is 8.04. The summed E-state index contributed by atoms with van der Waals surface area (Å²) in [6.07, 6.45) is 0.595. The van der Waals surface area contributed by atoms with E-state index in [0.717, 1.165) is 30.8 Å². The Bertz CT molecular complexity index is 743. The van der Waals surface area contributed by atoms with Crippen LogP contribution in [0.15, 0.2) is 24.5 Å². The summed E-state index contributed by atoms with van der Waals surface area (Å²) in [5, 5.41) is 6.47. The van der Waals surface area contributed by atoms with Crippen LogP contribution in [0.25, 0.3) is 0 Å². The predicted molar refractivity (Wildman–Crippen MR) is 90.7 cm³/mol. The summed E-state index contributed by atoms with van der Waals surface area (Å²) in [6, 6.07) is 2.58. The van der Waals surface area contributed by atoms with Crippen LogP contribution < -0.4 is 15.4 Å². The van der Waals surface area contributed by atoms with Gasteiger partial charge in [-0.25, -0.2) is 9.97 Å². The lowest BCUT2D eigenvalue weighted by Gasteiger charge is -2.20. The maximum atomic E-state index is 12.2. The third-order valence-corrected chi connectivity index (χ3v) is 4.94. The molecule has 2 aromatic rings. The highest BCUT2D eigenvalue weighted by Crippen LogP contribution is 2.31. The molecule has 0 atom stereocenters. The Hall–Kier alpha value is -2.20. The average Bonchev–Trinajstić information content (AvgIpc) is 3.09. The zero-order valence-electron chi connectivity index (χ0n) is 13.7. The molecule has 1 saturated heterocycles. The third-order valence-electron chi connectivity index (χ3n) is 3.87. The quantitative estimate of drug-likeness (QED) is 0.825. The van der Waals surface area contributed by atoms with Gasteiger partial charge in [0, 0.05) is 23.3 Å². The maximum Gasteiger partial charge on any atom is 0.422 e. The van der Waals surface area contributed by atoms with E-state index in [1.165, 1.54) is 29.7 Å². The number of hydrogen-bond acceptors (Lipinski definition) is 6. The number of nitrogens with one attached hydrogen (secondary N) is 2. The second kappa shape index (κ2) is 8.00. The molecule has 1 aliphatic heterocycles. The Morgan fingerprint density at radius 2 is 2.04 bits per heavy atom. The lowest BCUT2D eigenvalue weighted by atomic mass is 9.97. The van der Waals surface area contributed by atoms with Crippen LogP contribution in [-0.2, 0) is 0 Å². The number of rotatable bonds is 5. The normalized spacial score (nSPS) is 15.7. The Morgan fingerprint density at radius 1 is 1.27 bits per heavy atom. The van der Waals surface area contributed by atoms with Gasteiger partial charge in [-0.2, -0.15) is 13.2 Å². The number of ether oxygens (including phenoxy) is 1. The molecule has 3 heterocycles. The standard InChI is InChI=1S/C16H17F3N4O2S/c17-16(18,19)9-25-13-2-1-11(7-21-13)14(24)23-15-22-8-12(26-15)10-3-5-20-6-4-10/h1-2,7-8,10,20H,3-6,9H2,(H,22,23,24). The van der Waals surface area contributed by atoms with Crippen molar-refractivity contribution >= 4 is 22.4 Å². The number of alkyl halides is 3. The van der Waals surface area contributed by atoms with Crippen LogP contribution in [0.1, 0.15) is 34.0 Å². The number of thiazole rings is 1. The molecule has 26 heavy (non-hydrogen) atoms. The number of pyridine rings is 1. The summed E-state index contributed by atoms with van der Waals surface area (Å²) in [6.45, 7) is 0.515. The zero-order chi connectivity index (χ0) is 18.6. The monoisotopic (exact) mass is 386 g/mol. The number of aromatic nitrogens is 2. The summed E-state index contributed by atoms with van der Waals surface area (Å²) in [7, 11) is 0. The largest absolute Gasteiger partial charge is 0.468 e. The molecule has 1 aliphatic rings. The molecule has 2 aromatic heterocycles. The molecule has 3 rings (SSSR count). The molecule has 0 radical (unpaired) electrons. The highest BCUT2D eigenvalue weighted by molar-refractivity contribution is 7.15. The smallest absolute Gasteiger partial charge is 0.422 e. The maximum absolute atomic E-state index is 12.2. The summed E-state index contributed by atoms with van der Waals surface area (Å²) in [5.41, 5.74) is 0.211. The summed E-state index contributed by atoms with van der Waals surface area (Å²) in [5.74, 6) is -0.168. The molecule has 0 aromatic carbocycles. The Morgan fingerprint density at radius 3 is 2.69 bits per heavy atom. The van der Waals surface area contributed by atoms with E-state index >= 15 is 0 Å². The highest BCUT2D eigenvalue weighted by Gasteiger charge is 2.28. The van der Waals surface area contributed by atoms with Gasteiger partial charge in [-0.3, -0.25) is 10.1 Å². The molecular formula is C16H17F3N4O2S. The van der Waals surface area contributed by atoms with E-state index in [4.69, 9.17) is 0 Å². The number of amides is 1. The molecular weight excluding hydrogens is 369 g/mol. The number of anilines is 1. The average molecular weight is 386 g/mol. The van der Waals surface area contributed by atoms with Gasteiger partial charge in [0.25, 0.3) is 5.91 Å². The molecule has 0 spiro atoms. The van der Waals surface area contributed by atoms with Gasteiger partial charge < -0.3 is 10.1 Å². The van der Waals surface area contributed by atoms with Crippen LogP contribution in [0.2, 0.25) is 0 Å². The van der Waals surface area contributed by atoms with Crippen LogP contribution in [0, 0.1) is 0 Å². The molecule has 0 saturated carbocycles. The van der Waals surface area contributed by atoms with Crippen molar-refractivity contribution in [3.05, 3.63) is 35.0 Å². The van der Waals surface area contributed by atoms with Crippen molar-refractivity contribution in [3.63, 3.8) is 0 Å². The molecule has 0 unspecified atom stereocenters. The Labute approximate surface area is 151 Å². The van der Waals surface area contributed by atoms with Gasteiger partial charge in [0.1, 0.15) is 0 Å². The van der Waals surface area contributed by atoms with Gasteiger partial charge in [0.2, 0.25) is 5.88 Å². The van der Waals surface area contributed by atoms with Crippen LogP contribution in [0.4, 0.5) is 18.3 Å². The van der Waals surface area contributed by atoms with Crippen LogP contribution in [0.3, 0.4) is 0 Å². The second-order valence-electron chi connectivity index (χ2n) is 5.84. The number of carbonyl (C=O) groups excluding carboxylic acids is 1. The highest BCUT2D eigenvalue weighted by atomic mass is 32.1. The van der Waals surface area contributed by atoms with E-state index in [1.807, 2.05) is 0 Å². The molecule has 6 nitrogen and oxygen atoms in total. The molecule has 140 valence electrons. The predicted octanol–water partition coefficient (Wildman–Crippen LogP) is 3.20. The Kier molecular flexibility index (Phi) is 5.72. The van der Waals surface area contributed by atoms with E-state index in [-0.39, 0.29) is 11.4 Å². The van der Waals surface area contributed by atoms with Gasteiger partial charge in [-0.15, -0.1) is 11.3 Å². The lowest BCUT2D eigenvalue weighted by Crippen LogP contribution is -2.26. The van der Waals surface area contributed by atoms with E-state index in [1.54, 1.807) is 6.20 Å². The number of nitrogens with zero attached hydrogens (tertiary/aromatic N) is 2. The van der Waals surface area contributed by atoms with E-state index < -0.39 is 18.7 Å². The van der Waals surface area contributed by atoms with Crippen LogP contribution in [0.5, 0.6) is 5.88 Å². The number of hydrogen-bond donors (Lipinski definition) is 2. The van der Waals surface area contributed by atoms with Gasteiger partial charge in [0.15, 0.2) is 11.7 Å². The van der Waals surface area contributed by atoms with Gasteiger partial charge in [-0.05, 0) is 37.9 Å². The first-order chi connectivity index (χ1) is 12.4. The lowest BCUT2D eigenvalue weighted by molar-refractivity contribution is -0.154. The van der Waals surface area contributed by atoms with Crippen molar-refractivity contribution in [2.24, 2.45) is 0 Å². The van der Waals surface area contributed by atoms with Gasteiger partial charge >= 0.3 is 6.18 Å². The van der Waals surface area contributed by atoms with Crippen molar-refractivity contribution in [3.8, 4) is 5.88 Å². The minimum Gasteiger partial charge on any atom is -0.468 e. The van der Waals surface area contributed by atoms with Gasteiger partial charge in [-0.1, -0.05) is 0 Å². The van der Waals surface area contributed by atoms with Crippen LogP contribution in [-0.4, -0.2) is 41.7 Å². The van der Waals surface area contributed by atoms with Crippen molar-refractivity contribution in [1.29, 1.82) is 0 Å². The zero-order valence-corrected chi connectivity index (χ0v) is 14.5.